The maximum Gasteiger partial charge on any atom is 1.00 e. The predicted octanol–water partition coefficient (Wildman–Crippen LogP) is -3.56. The molecular formula is C2H7KNO2PS. The molecule has 0 aliphatic heterocycles. The van der Waals surface area contributed by atoms with E-state index >= 15 is 0 Å². The topological polar surface area (TPSA) is 44.3 Å². The van der Waals surface area contributed by atoms with E-state index < -0.39 is 6.64 Å². The van der Waals surface area contributed by atoms with Crippen LogP contribution in [-0.4, -0.2) is 14.2 Å². The monoisotopic (exact) mass is 179 g/mol. The summed E-state index contributed by atoms with van der Waals surface area (Å²) >= 11 is 4.37. The van der Waals surface area contributed by atoms with E-state index in [2.05, 4.69) is 21.4 Å². The Morgan fingerprint density at radius 1 is 1.75 bits per heavy atom. The molecule has 1 unspecified atom stereocenters. The van der Waals surface area contributed by atoms with Crippen molar-refractivity contribution in [3.8, 4) is 0 Å². The van der Waals surface area contributed by atoms with Gasteiger partial charge in [-0.2, -0.15) is 0 Å². The van der Waals surface area contributed by atoms with E-state index in [1.54, 1.807) is 0 Å². The van der Waals surface area contributed by atoms with Crippen molar-refractivity contribution in [3.63, 3.8) is 0 Å². The minimum Gasteiger partial charge on any atom is -0.789 e. The third-order valence-electron chi connectivity index (χ3n) is 0.514. The molecule has 44 valence electrons. The Labute approximate surface area is 96.8 Å². The molecule has 1 atom stereocenters. The first-order chi connectivity index (χ1) is 3.12. The molecule has 0 aromatic rings. The minimum absolute atomic E-state index is 0. The van der Waals surface area contributed by atoms with E-state index in [4.69, 9.17) is 0 Å². The summed E-state index contributed by atoms with van der Waals surface area (Å²) in [6.45, 7) is -2.82. The van der Waals surface area contributed by atoms with Crippen LogP contribution in [0.15, 0.2) is 0 Å². The number of nitrogens with one attached hydrogen (secondary N) is 1. The normalized spacial score (nSPS) is 16.4. The van der Waals surface area contributed by atoms with Crippen LogP contribution in [0.5, 0.6) is 0 Å². The average molecular weight is 179 g/mol. The van der Waals surface area contributed by atoms with Gasteiger partial charge < -0.3 is 9.42 Å². The molecule has 1 N–H and O–H groups in total. The zero-order chi connectivity index (χ0) is 5.91. The van der Waals surface area contributed by atoms with Crippen molar-refractivity contribution >= 4 is 18.4 Å². The molecule has 0 bridgehead atoms. The molecule has 0 saturated heterocycles. The standard InChI is InChI=1S/C2H8NO2PS.K/c1-3-6(4,7)5-2;/h1-2H3,(H2,3,4,7);/q;+1/p-1. The largest absolute Gasteiger partial charge is 1.00 e. The Bertz CT molecular complexity index is 92.0. The van der Waals surface area contributed by atoms with Crippen LogP contribution in [0.1, 0.15) is 0 Å². The summed E-state index contributed by atoms with van der Waals surface area (Å²) in [5.41, 5.74) is 0. The Balaban J connectivity index is 0. The van der Waals surface area contributed by atoms with Crippen LogP contribution in [0.4, 0.5) is 0 Å². The van der Waals surface area contributed by atoms with Crippen molar-refractivity contribution in [1.29, 1.82) is 0 Å². The molecular weight excluding hydrogens is 172 g/mol. The van der Waals surface area contributed by atoms with E-state index in [9.17, 15) is 4.89 Å². The van der Waals surface area contributed by atoms with E-state index in [0.717, 1.165) is 0 Å². The van der Waals surface area contributed by atoms with Gasteiger partial charge in [0.15, 0.2) is 0 Å². The van der Waals surface area contributed by atoms with E-state index in [-0.39, 0.29) is 51.4 Å². The molecule has 0 aromatic carbocycles. The molecule has 8 heavy (non-hydrogen) atoms. The zero-order valence-corrected chi connectivity index (χ0v) is 10.0. The van der Waals surface area contributed by atoms with Crippen molar-refractivity contribution in [1.82, 2.24) is 5.09 Å². The fourth-order valence-electron chi connectivity index (χ4n) is 0.0913. The van der Waals surface area contributed by atoms with Crippen molar-refractivity contribution in [2.75, 3.05) is 14.2 Å². The van der Waals surface area contributed by atoms with Crippen LogP contribution >= 0.6 is 6.64 Å². The first-order valence-electron chi connectivity index (χ1n) is 1.68. The molecule has 3 nitrogen and oxygen atoms in total. The van der Waals surface area contributed by atoms with Gasteiger partial charge in [-0.15, -0.1) is 0 Å². The molecule has 0 aromatic heterocycles. The molecule has 0 aliphatic rings. The third kappa shape index (κ3) is 6.29. The van der Waals surface area contributed by atoms with Crippen molar-refractivity contribution in [3.05, 3.63) is 0 Å². The first-order valence-corrected chi connectivity index (χ1v) is 4.32. The van der Waals surface area contributed by atoms with Crippen molar-refractivity contribution in [2.45, 2.75) is 0 Å². The molecule has 0 rings (SSSR count). The molecule has 0 saturated carbocycles. The van der Waals surface area contributed by atoms with Gasteiger partial charge in [-0.1, -0.05) is 11.8 Å². The molecule has 6 heteroatoms. The second kappa shape index (κ2) is 5.91. The SMILES string of the molecule is CNP([O-])(=S)OC.[K+]. The Kier molecular flexibility index (Phi) is 9.47. The average Bonchev–Trinajstić information content (AvgIpc) is 1.68. The predicted molar refractivity (Wildman–Crippen MR) is 30.4 cm³/mol. The maximum atomic E-state index is 10.4. The number of rotatable bonds is 2. The third-order valence-corrected chi connectivity index (χ3v) is 2.54. The summed E-state index contributed by atoms with van der Waals surface area (Å²) < 4.78 is 4.35. The van der Waals surface area contributed by atoms with Crippen LogP contribution in [0, 0.1) is 0 Å². The zero-order valence-electron chi connectivity index (χ0n) is 5.17. The van der Waals surface area contributed by atoms with Gasteiger partial charge in [0.05, 0.1) is 6.64 Å². The summed E-state index contributed by atoms with van der Waals surface area (Å²) in [6, 6.07) is 0. The van der Waals surface area contributed by atoms with Crippen molar-refractivity contribution < 1.29 is 60.8 Å². The number of hydrogen-bond acceptors (Lipinski definition) is 3. The van der Waals surface area contributed by atoms with Gasteiger partial charge in [-0.25, -0.2) is 0 Å². The maximum absolute atomic E-state index is 10.4. The van der Waals surface area contributed by atoms with Gasteiger partial charge in [0.25, 0.3) is 0 Å². The molecule has 0 heterocycles. The van der Waals surface area contributed by atoms with Crippen LogP contribution in [0.25, 0.3) is 0 Å². The van der Waals surface area contributed by atoms with E-state index in [0.29, 0.717) is 0 Å². The van der Waals surface area contributed by atoms with E-state index in [1.165, 1.54) is 14.2 Å². The van der Waals surface area contributed by atoms with Crippen LogP contribution in [0.3, 0.4) is 0 Å². The summed E-state index contributed by atoms with van der Waals surface area (Å²) in [5.74, 6) is 0. The van der Waals surface area contributed by atoms with E-state index in [1.807, 2.05) is 0 Å². The summed E-state index contributed by atoms with van der Waals surface area (Å²) in [7, 11) is 2.81. The van der Waals surface area contributed by atoms with Gasteiger partial charge in [0, 0.05) is 7.11 Å². The Morgan fingerprint density at radius 2 is 2.12 bits per heavy atom. The number of hydrogen-bond donors (Lipinski definition) is 1. The van der Waals surface area contributed by atoms with Gasteiger partial charge in [-0.3, -0.25) is 5.09 Å². The van der Waals surface area contributed by atoms with Crippen LogP contribution in [0.2, 0.25) is 0 Å². The molecule has 0 fully saturated rings. The van der Waals surface area contributed by atoms with Gasteiger partial charge in [-0.05, 0) is 7.05 Å². The smallest absolute Gasteiger partial charge is 0.789 e. The fourth-order valence-corrected chi connectivity index (χ4v) is 0.274. The van der Waals surface area contributed by atoms with Crippen LogP contribution < -0.4 is 61.4 Å². The Morgan fingerprint density at radius 3 is 2.12 bits per heavy atom. The van der Waals surface area contributed by atoms with Gasteiger partial charge in [0.1, 0.15) is 0 Å². The Hall–Kier alpha value is 2.17. The summed E-state index contributed by atoms with van der Waals surface area (Å²) in [5, 5.41) is 2.34. The van der Waals surface area contributed by atoms with Crippen LogP contribution in [-0.2, 0) is 16.3 Å². The second-order valence-electron chi connectivity index (χ2n) is 0.904. The molecule has 0 aliphatic carbocycles. The minimum atomic E-state index is -2.82. The molecule has 0 amide bonds. The first kappa shape index (κ1) is 12.8. The van der Waals surface area contributed by atoms with Crippen molar-refractivity contribution in [2.24, 2.45) is 0 Å². The quantitative estimate of drug-likeness (QED) is 0.352. The fraction of sp³-hybridized carbons (Fsp3) is 1.00. The summed E-state index contributed by atoms with van der Waals surface area (Å²) in [6.07, 6.45) is 0. The molecule has 0 radical (unpaired) electrons. The summed E-state index contributed by atoms with van der Waals surface area (Å²) in [4.78, 5) is 10.4. The van der Waals surface area contributed by atoms with Gasteiger partial charge in [0.2, 0.25) is 0 Å². The second-order valence-corrected chi connectivity index (χ2v) is 4.15. The van der Waals surface area contributed by atoms with Gasteiger partial charge >= 0.3 is 51.4 Å². The molecule has 0 spiro atoms.